The van der Waals surface area contributed by atoms with Gasteiger partial charge in [-0.05, 0) is 44.7 Å². The number of aromatic amines is 1. The average molecular weight is 329 g/mol. The highest BCUT2D eigenvalue weighted by molar-refractivity contribution is 7.99. The molecule has 2 aromatic rings. The molecule has 1 heterocycles. The lowest BCUT2D eigenvalue weighted by atomic mass is 9.97. The lowest BCUT2D eigenvalue weighted by molar-refractivity contribution is -0.113. The molecule has 0 radical (unpaired) electrons. The monoisotopic (exact) mass is 329 g/mol. The van der Waals surface area contributed by atoms with Crippen LogP contribution < -0.4 is 10.9 Å². The van der Waals surface area contributed by atoms with Gasteiger partial charge in [0.05, 0.1) is 11.4 Å². The summed E-state index contributed by atoms with van der Waals surface area (Å²) in [5.74, 6) is 0.106. The fourth-order valence-electron chi connectivity index (χ4n) is 2.62. The number of hydrogen-bond acceptors (Lipinski definition) is 4. The summed E-state index contributed by atoms with van der Waals surface area (Å²) in [7, 11) is 0. The number of benzene rings is 1. The van der Waals surface area contributed by atoms with Crippen molar-refractivity contribution in [3.63, 3.8) is 0 Å². The quantitative estimate of drug-likeness (QED) is 0.668. The molecule has 1 amide bonds. The lowest BCUT2D eigenvalue weighted by Crippen LogP contribution is -2.22. The summed E-state index contributed by atoms with van der Waals surface area (Å²) in [4.78, 5) is 31.3. The Labute approximate surface area is 138 Å². The van der Waals surface area contributed by atoms with Crippen LogP contribution in [0.25, 0.3) is 0 Å². The molecule has 0 fully saturated rings. The van der Waals surface area contributed by atoms with Crippen molar-refractivity contribution in [2.45, 2.75) is 37.8 Å². The van der Waals surface area contributed by atoms with Gasteiger partial charge in [-0.25, -0.2) is 4.98 Å². The smallest absolute Gasteiger partial charge is 0.254 e. The van der Waals surface area contributed by atoms with E-state index < -0.39 is 0 Å². The Hall–Kier alpha value is -2.08. The van der Waals surface area contributed by atoms with Gasteiger partial charge < -0.3 is 10.3 Å². The first-order valence-corrected chi connectivity index (χ1v) is 8.72. The van der Waals surface area contributed by atoms with Crippen LogP contribution in [0.5, 0.6) is 0 Å². The Bertz CT molecular complexity index is 768. The molecular weight excluding hydrogens is 310 g/mol. The van der Waals surface area contributed by atoms with Crippen LogP contribution in [0.4, 0.5) is 5.69 Å². The van der Waals surface area contributed by atoms with Gasteiger partial charge in [-0.2, -0.15) is 0 Å². The van der Waals surface area contributed by atoms with Gasteiger partial charge in [0, 0.05) is 11.3 Å². The van der Waals surface area contributed by atoms with Crippen molar-refractivity contribution in [3.05, 3.63) is 51.4 Å². The largest absolute Gasteiger partial charge is 0.325 e. The zero-order chi connectivity index (χ0) is 16.2. The molecule has 6 heteroatoms. The lowest BCUT2D eigenvalue weighted by Gasteiger charge is -2.14. The van der Waals surface area contributed by atoms with Crippen LogP contribution in [0, 0.1) is 6.92 Å². The van der Waals surface area contributed by atoms with Gasteiger partial charge in [-0.15, -0.1) is 0 Å². The van der Waals surface area contributed by atoms with Crippen molar-refractivity contribution < 1.29 is 4.79 Å². The van der Waals surface area contributed by atoms with Gasteiger partial charge in [0.15, 0.2) is 5.16 Å². The third-order valence-corrected chi connectivity index (χ3v) is 4.72. The highest BCUT2D eigenvalue weighted by Gasteiger charge is 2.16. The first kappa shape index (κ1) is 15.8. The molecule has 1 aromatic carbocycles. The zero-order valence-electron chi connectivity index (χ0n) is 13.0. The molecule has 1 aromatic heterocycles. The highest BCUT2D eigenvalue weighted by atomic mass is 32.2. The number of aryl methyl sites for hydroxylation is 2. The van der Waals surface area contributed by atoms with E-state index in [1.165, 1.54) is 11.8 Å². The Balaban J connectivity index is 1.61. The summed E-state index contributed by atoms with van der Waals surface area (Å²) in [5.41, 5.74) is 3.56. The number of thioether (sulfide) groups is 1. The SMILES string of the molecule is Cc1ccc(NC(=O)CSc2nc3c(c(=O)[nH]2)CCCC3)cc1. The van der Waals surface area contributed by atoms with E-state index in [9.17, 15) is 9.59 Å². The number of rotatable bonds is 4. The number of fused-ring (bicyclic) bond motifs is 1. The molecular formula is C17H19N3O2S. The number of nitrogens with one attached hydrogen (secondary N) is 2. The number of carbonyl (C=O) groups excluding carboxylic acids is 1. The molecule has 0 atom stereocenters. The molecule has 0 saturated heterocycles. The maximum absolute atomic E-state index is 12.0. The predicted octanol–water partition coefficient (Wildman–Crippen LogP) is 2.69. The van der Waals surface area contributed by atoms with Gasteiger partial charge in [-0.3, -0.25) is 9.59 Å². The van der Waals surface area contributed by atoms with Gasteiger partial charge >= 0.3 is 0 Å². The highest BCUT2D eigenvalue weighted by Crippen LogP contribution is 2.19. The number of amides is 1. The van der Waals surface area contributed by atoms with Crippen LogP contribution in [0.1, 0.15) is 29.7 Å². The molecule has 3 rings (SSSR count). The number of carbonyl (C=O) groups is 1. The first-order chi connectivity index (χ1) is 11.1. The van der Waals surface area contributed by atoms with Crippen LogP contribution in [0.3, 0.4) is 0 Å². The standard InChI is InChI=1S/C17H19N3O2S/c1-11-6-8-12(9-7-11)18-15(21)10-23-17-19-14-5-3-2-4-13(14)16(22)20-17/h6-9H,2-5,10H2,1H3,(H,18,21)(H,19,20,22). The predicted molar refractivity (Wildman–Crippen MR) is 92.0 cm³/mol. The number of H-pyrrole nitrogens is 1. The van der Waals surface area contributed by atoms with E-state index in [-0.39, 0.29) is 17.2 Å². The van der Waals surface area contributed by atoms with E-state index in [4.69, 9.17) is 0 Å². The fraction of sp³-hybridized carbons (Fsp3) is 0.353. The van der Waals surface area contributed by atoms with Crippen molar-refractivity contribution in [1.29, 1.82) is 0 Å². The second-order valence-electron chi connectivity index (χ2n) is 5.71. The molecule has 0 bridgehead atoms. The second-order valence-corrected chi connectivity index (χ2v) is 6.67. The van der Waals surface area contributed by atoms with Crippen molar-refractivity contribution >= 4 is 23.4 Å². The van der Waals surface area contributed by atoms with E-state index in [1.54, 1.807) is 0 Å². The minimum atomic E-state index is -0.112. The summed E-state index contributed by atoms with van der Waals surface area (Å²) in [6.07, 6.45) is 3.77. The Morgan fingerprint density at radius 2 is 2.00 bits per heavy atom. The van der Waals surface area contributed by atoms with E-state index >= 15 is 0 Å². The molecule has 5 nitrogen and oxygen atoms in total. The van der Waals surface area contributed by atoms with E-state index in [2.05, 4.69) is 15.3 Å². The molecule has 2 N–H and O–H groups in total. The molecule has 0 spiro atoms. The van der Waals surface area contributed by atoms with E-state index in [1.807, 2.05) is 31.2 Å². The molecule has 23 heavy (non-hydrogen) atoms. The minimum Gasteiger partial charge on any atom is -0.325 e. The summed E-state index contributed by atoms with van der Waals surface area (Å²) in [5, 5.41) is 3.36. The van der Waals surface area contributed by atoms with E-state index in [0.29, 0.717) is 5.16 Å². The van der Waals surface area contributed by atoms with Crippen molar-refractivity contribution in [3.8, 4) is 0 Å². The summed E-state index contributed by atoms with van der Waals surface area (Å²) < 4.78 is 0. The van der Waals surface area contributed by atoms with Gasteiger partial charge in [0.2, 0.25) is 5.91 Å². The molecule has 1 aliphatic carbocycles. The number of hydrogen-bond donors (Lipinski definition) is 2. The maximum Gasteiger partial charge on any atom is 0.254 e. The number of nitrogens with zero attached hydrogens (tertiary/aromatic N) is 1. The molecule has 120 valence electrons. The topological polar surface area (TPSA) is 74.8 Å². The van der Waals surface area contributed by atoms with Gasteiger partial charge in [0.25, 0.3) is 5.56 Å². The number of anilines is 1. The van der Waals surface area contributed by atoms with Crippen LogP contribution >= 0.6 is 11.8 Å². The Kier molecular flexibility index (Phi) is 4.81. The molecule has 0 aliphatic heterocycles. The molecule has 0 saturated carbocycles. The first-order valence-electron chi connectivity index (χ1n) is 7.73. The average Bonchev–Trinajstić information content (AvgIpc) is 2.55. The van der Waals surface area contributed by atoms with E-state index in [0.717, 1.165) is 48.2 Å². The molecule has 0 unspecified atom stereocenters. The minimum absolute atomic E-state index is 0.0591. The maximum atomic E-state index is 12.0. The van der Waals surface area contributed by atoms with Crippen molar-refractivity contribution in [2.75, 3.05) is 11.1 Å². The molecule has 1 aliphatic rings. The Morgan fingerprint density at radius 3 is 2.78 bits per heavy atom. The Morgan fingerprint density at radius 1 is 1.26 bits per heavy atom. The van der Waals surface area contributed by atoms with Crippen LogP contribution in [-0.4, -0.2) is 21.6 Å². The number of aromatic nitrogens is 2. The van der Waals surface area contributed by atoms with Gasteiger partial charge in [0.1, 0.15) is 0 Å². The van der Waals surface area contributed by atoms with Crippen LogP contribution in [0.15, 0.2) is 34.2 Å². The summed E-state index contributed by atoms with van der Waals surface area (Å²) >= 11 is 1.26. The van der Waals surface area contributed by atoms with Crippen LogP contribution in [-0.2, 0) is 17.6 Å². The van der Waals surface area contributed by atoms with Gasteiger partial charge in [-0.1, -0.05) is 29.5 Å². The third-order valence-electron chi connectivity index (χ3n) is 3.85. The van der Waals surface area contributed by atoms with Crippen molar-refractivity contribution in [2.24, 2.45) is 0 Å². The summed E-state index contributed by atoms with van der Waals surface area (Å²) in [6.45, 7) is 2.00. The second kappa shape index (κ2) is 7.00. The third kappa shape index (κ3) is 4.01. The normalized spacial score (nSPS) is 13.4. The summed E-state index contributed by atoms with van der Waals surface area (Å²) in [6, 6.07) is 7.64. The van der Waals surface area contributed by atoms with Crippen LogP contribution in [0.2, 0.25) is 0 Å². The fourth-order valence-corrected chi connectivity index (χ4v) is 3.30. The van der Waals surface area contributed by atoms with Crippen molar-refractivity contribution in [1.82, 2.24) is 9.97 Å². The zero-order valence-corrected chi connectivity index (χ0v) is 13.8.